The third-order valence-electron chi connectivity index (χ3n) is 3.88. The zero-order valence-corrected chi connectivity index (χ0v) is 14.0. The molecule has 21 heavy (non-hydrogen) atoms. The van der Waals surface area contributed by atoms with Crippen LogP contribution in [0.3, 0.4) is 0 Å². The van der Waals surface area contributed by atoms with Crippen molar-refractivity contribution < 1.29 is 9.47 Å². The van der Waals surface area contributed by atoms with Crippen LogP contribution < -0.4 is 14.8 Å². The van der Waals surface area contributed by atoms with E-state index in [0.717, 1.165) is 35.8 Å². The van der Waals surface area contributed by atoms with Gasteiger partial charge in [-0.05, 0) is 44.1 Å². The number of piperidine rings is 1. The van der Waals surface area contributed by atoms with Gasteiger partial charge in [0.15, 0.2) is 11.5 Å². The van der Waals surface area contributed by atoms with Gasteiger partial charge in [-0.3, -0.25) is 0 Å². The lowest BCUT2D eigenvalue weighted by Crippen LogP contribution is -2.26. The first-order chi connectivity index (χ1) is 9.90. The topological polar surface area (TPSA) is 43.4 Å². The van der Waals surface area contributed by atoms with Crippen LogP contribution in [-0.2, 0) is 0 Å². The number of fused-ring (bicyclic) bond motifs is 1. The van der Waals surface area contributed by atoms with E-state index < -0.39 is 0 Å². The standard InChI is InChI=1S/C15H16N2O2S.BrH/c1-2-13-14(19-9-18-13)7-11(1)12-8-20-15(17-12)10-3-5-16-6-4-10;/h1-2,7-8,10,16H,3-6,9H2;1H. The average Bonchev–Trinajstić information content (AvgIpc) is 3.16. The van der Waals surface area contributed by atoms with E-state index in [0.29, 0.717) is 12.7 Å². The zero-order chi connectivity index (χ0) is 13.4. The van der Waals surface area contributed by atoms with Crippen molar-refractivity contribution in [3.63, 3.8) is 0 Å². The van der Waals surface area contributed by atoms with Crippen LogP contribution in [0.5, 0.6) is 11.5 Å². The van der Waals surface area contributed by atoms with Crippen molar-refractivity contribution in [1.82, 2.24) is 10.3 Å². The molecule has 0 bridgehead atoms. The molecule has 1 N–H and O–H groups in total. The summed E-state index contributed by atoms with van der Waals surface area (Å²) in [5.41, 5.74) is 2.15. The van der Waals surface area contributed by atoms with Gasteiger partial charge in [-0.15, -0.1) is 28.3 Å². The quantitative estimate of drug-likeness (QED) is 0.879. The van der Waals surface area contributed by atoms with Gasteiger partial charge < -0.3 is 14.8 Å². The molecule has 2 aliphatic heterocycles. The molecule has 1 aromatic heterocycles. The minimum atomic E-state index is 0. The van der Waals surface area contributed by atoms with Gasteiger partial charge in [-0.2, -0.15) is 0 Å². The van der Waals surface area contributed by atoms with Gasteiger partial charge in [0.1, 0.15) is 0 Å². The summed E-state index contributed by atoms with van der Waals surface area (Å²) < 4.78 is 10.8. The largest absolute Gasteiger partial charge is 0.454 e. The van der Waals surface area contributed by atoms with Crippen LogP contribution in [0.1, 0.15) is 23.8 Å². The number of halogens is 1. The molecule has 6 heteroatoms. The Morgan fingerprint density at radius 3 is 2.81 bits per heavy atom. The van der Waals surface area contributed by atoms with Gasteiger partial charge in [-0.1, -0.05) is 0 Å². The fourth-order valence-electron chi connectivity index (χ4n) is 2.73. The third-order valence-corrected chi connectivity index (χ3v) is 4.89. The zero-order valence-electron chi connectivity index (χ0n) is 11.5. The van der Waals surface area contributed by atoms with Crippen molar-refractivity contribution in [2.75, 3.05) is 19.9 Å². The molecule has 4 nitrogen and oxygen atoms in total. The lowest BCUT2D eigenvalue weighted by molar-refractivity contribution is 0.174. The summed E-state index contributed by atoms with van der Waals surface area (Å²) in [6.07, 6.45) is 2.38. The van der Waals surface area contributed by atoms with E-state index in [2.05, 4.69) is 16.8 Å². The van der Waals surface area contributed by atoms with Gasteiger partial charge in [0.05, 0.1) is 10.7 Å². The molecule has 0 aliphatic carbocycles. The Morgan fingerprint density at radius 1 is 1.14 bits per heavy atom. The molecular formula is C15H17BrN2O2S. The highest BCUT2D eigenvalue weighted by atomic mass is 79.9. The number of aromatic nitrogens is 1. The van der Waals surface area contributed by atoms with Crippen LogP contribution in [0.4, 0.5) is 0 Å². The van der Waals surface area contributed by atoms with Gasteiger partial charge in [-0.25, -0.2) is 4.98 Å². The first kappa shape index (κ1) is 14.8. The molecule has 0 unspecified atom stereocenters. The van der Waals surface area contributed by atoms with Crippen molar-refractivity contribution in [3.8, 4) is 22.8 Å². The summed E-state index contributed by atoms with van der Waals surface area (Å²) in [5.74, 6) is 2.26. The molecule has 0 saturated carbocycles. The lowest BCUT2D eigenvalue weighted by Gasteiger charge is -2.20. The maximum absolute atomic E-state index is 5.43. The molecule has 2 aromatic rings. The van der Waals surface area contributed by atoms with Crippen LogP contribution in [0.25, 0.3) is 11.3 Å². The second-order valence-electron chi connectivity index (χ2n) is 5.16. The van der Waals surface area contributed by atoms with Gasteiger partial charge in [0.2, 0.25) is 6.79 Å². The van der Waals surface area contributed by atoms with Crippen molar-refractivity contribution in [2.45, 2.75) is 18.8 Å². The predicted molar refractivity (Wildman–Crippen MR) is 88.8 cm³/mol. The number of nitrogens with zero attached hydrogens (tertiary/aromatic N) is 1. The normalized spacial score (nSPS) is 17.5. The van der Waals surface area contributed by atoms with E-state index in [1.54, 1.807) is 11.3 Å². The fraction of sp³-hybridized carbons (Fsp3) is 0.400. The molecule has 0 amide bonds. The number of hydrogen-bond acceptors (Lipinski definition) is 5. The Bertz CT molecular complexity index is 626. The smallest absolute Gasteiger partial charge is 0.231 e. The van der Waals surface area contributed by atoms with Crippen molar-refractivity contribution in [3.05, 3.63) is 28.6 Å². The van der Waals surface area contributed by atoms with Gasteiger partial charge in [0.25, 0.3) is 0 Å². The monoisotopic (exact) mass is 368 g/mol. The molecular weight excluding hydrogens is 352 g/mol. The fourth-order valence-corrected chi connectivity index (χ4v) is 3.73. The Morgan fingerprint density at radius 2 is 1.95 bits per heavy atom. The Labute approximate surface area is 138 Å². The molecule has 1 saturated heterocycles. The second-order valence-corrected chi connectivity index (χ2v) is 6.05. The first-order valence-corrected chi connectivity index (χ1v) is 7.84. The maximum atomic E-state index is 5.43. The third kappa shape index (κ3) is 2.93. The van der Waals surface area contributed by atoms with Crippen LogP contribution in [-0.4, -0.2) is 24.9 Å². The van der Waals surface area contributed by atoms with E-state index in [4.69, 9.17) is 14.5 Å². The molecule has 112 valence electrons. The average molecular weight is 369 g/mol. The minimum Gasteiger partial charge on any atom is -0.454 e. The summed E-state index contributed by atoms with van der Waals surface area (Å²) in [6.45, 7) is 2.52. The molecule has 2 aliphatic rings. The van der Waals surface area contributed by atoms with E-state index in [1.165, 1.54) is 17.8 Å². The summed E-state index contributed by atoms with van der Waals surface area (Å²) in [7, 11) is 0. The number of thiazole rings is 1. The summed E-state index contributed by atoms with van der Waals surface area (Å²) in [4.78, 5) is 4.82. The predicted octanol–water partition coefficient (Wildman–Crippen LogP) is 3.58. The maximum Gasteiger partial charge on any atom is 0.231 e. The van der Waals surface area contributed by atoms with Crippen molar-refractivity contribution >= 4 is 28.3 Å². The highest BCUT2D eigenvalue weighted by Crippen LogP contribution is 2.37. The number of ether oxygens (including phenoxy) is 2. The number of benzene rings is 1. The van der Waals surface area contributed by atoms with Gasteiger partial charge >= 0.3 is 0 Å². The van der Waals surface area contributed by atoms with E-state index in [1.807, 2.05) is 12.1 Å². The summed E-state index contributed by atoms with van der Waals surface area (Å²) in [5, 5.41) is 6.81. The van der Waals surface area contributed by atoms with E-state index >= 15 is 0 Å². The molecule has 1 fully saturated rings. The molecule has 1 aromatic carbocycles. The molecule has 4 rings (SSSR count). The van der Waals surface area contributed by atoms with Crippen LogP contribution >= 0.6 is 28.3 Å². The number of hydrogen-bond donors (Lipinski definition) is 1. The Balaban J connectivity index is 0.00000132. The second kappa shape index (κ2) is 6.34. The van der Waals surface area contributed by atoms with Gasteiger partial charge in [0, 0.05) is 16.9 Å². The summed E-state index contributed by atoms with van der Waals surface area (Å²) >= 11 is 1.77. The highest BCUT2D eigenvalue weighted by molar-refractivity contribution is 8.93. The lowest BCUT2D eigenvalue weighted by atomic mass is 9.99. The summed E-state index contributed by atoms with van der Waals surface area (Å²) in [6, 6.07) is 6.03. The molecule has 0 radical (unpaired) electrons. The highest BCUT2D eigenvalue weighted by Gasteiger charge is 2.20. The molecule has 0 atom stereocenters. The van der Waals surface area contributed by atoms with Crippen LogP contribution in [0.2, 0.25) is 0 Å². The van der Waals surface area contributed by atoms with E-state index in [9.17, 15) is 0 Å². The SMILES string of the molecule is Br.c1cc2c(cc1-c1csc(C3CCNCC3)n1)OCO2. The molecule has 3 heterocycles. The van der Waals surface area contributed by atoms with Crippen molar-refractivity contribution in [1.29, 1.82) is 0 Å². The van der Waals surface area contributed by atoms with Crippen LogP contribution in [0.15, 0.2) is 23.6 Å². The van der Waals surface area contributed by atoms with Crippen LogP contribution in [0, 0.1) is 0 Å². The number of nitrogens with one attached hydrogen (secondary N) is 1. The first-order valence-electron chi connectivity index (χ1n) is 6.96. The van der Waals surface area contributed by atoms with E-state index in [-0.39, 0.29) is 17.0 Å². The minimum absolute atomic E-state index is 0. The molecule has 0 spiro atoms. The van der Waals surface area contributed by atoms with Crippen molar-refractivity contribution in [2.24, 2.45) is 0 Å². The Kier molecular flexibility index (Phi) is 4.47. The Hall–Kier alpha value is -1.11. The number of rotatable bonds is 2.